The number of fused-ring (bicyclic) bond motifs is 1. The number of hydrogen-bond donors (Lipinski definition) is 1. The molecule has 0 saturated carbocycles. The molecule has 16 heavy (non-hydrogen) atoms. The molecule has 3 rings (SSSR count). The number of anilines is 1. The minimum Gasteiger partial charge on any atom is -0.384 e. The number of benzene rings is 1. The molecule has 0 atom stereocenters. The Bertz CT molecular complexity index is 593. The van der Waals surface area contributed by atoms with Crippen molar-refractivity contribution in [2.75, 3.05) is 5.73 Å². The summed E-state index contributed by atoms with van der Waals surface area (Å²) in [5, 5.41) is 1.28. The third kappa shape index (κ3) is 1.55. The van der Waals surface area contributed by atoms with Crippen LogP contribution in [0.1, 0.15) is 0 Å². The zero-order valence-corrected chi connectivity index (χ0v) is 9.37. The summed E-state index contributed by atoms with van der Waals surface area (Å²) in [6.07, 6.45) is 1.82. The van der Waals surface area contributed by atoms with Gasteiger partial charge < -0.3 is 5.73 Å². The van der Waals surface area contributed by atoms with Gasteiger partial charge in [-0.2, -0.15) is 0 Å². The normalized spacial score (nSPS) is 10.8. The number of nitrogen functional groups attached to an aromatic ring is 1. The van der Waals surface area contributed by atoms with Crippen molar-refractivity contribution in [2.24, 2.45) is 0 Å². The van der Waals surface area contributed by atoms with Gasteiger partial charge in [0.25, 0.3) is 0 Å². The van der Waals surface area contributed by atoms with Crippen LogP contribution in [0, 0.1) is 0 Å². The highest BCUT2D eigenvalue weighted by atomic mass is 32.1. The standard InChI is InChI=1S/C13H10N2S/c14-13-6-5-10(8-15-13)12-7-9-3-1-2-4-11(9)16-12/h1-8H,(H2,14,15). The van der Waals surface area contributed by atoms with E-state index in [0.29, 0.717) is 5.82 Å². The molecule has 3 heteroatoms. The number of nitrogens with two attached hydrogens (primary N) is 1. The molecule has 0 bridgehead atoms. The SMILES string of the molecule is Nc1ccc(-c2cc3ccccc3s2)cn1. The summed E-state index contributed by atoms with van der Waals surface area (Å²) in [5.41, 5.74) is 6.69. The van der Waals surface area contributed by atoms with Gasteiger partial charge in [-0.3, -0.25) is 0 Å². The van der Waals surface area contributed by atoms with Crippen LogP contribution in [-0.2, 0) is 0 Å². The smallest absolute Gasteiger partial charge is 0.123 e. The molecule has 0 saturated heterocycles. The highest BCUT2D eigenvalue weighted by Crippen LogP contribution is 2.32. The van der Waals surface area contributed by atoms with Crippen molar-refractivity contribution in [1.82, 2.24) is 4.98 Å². The molecule has 0 aliphatic carbocycles. The average Bonchev–Trinajstić information content (AvgIpc) is 2.73. The van der Waals surface area contributed by atoms with E-state index in [1.54, 1.807) is 11.3 Å². The van der Waals surface area contributed by atoms with Gasteiger partial charge >= 0.3 is 0 Å². The van der Waals surface area contributed by atoms with Gasteiger partial charge in [-0.1, -0.05) is 18.2 Å². The summed E-state index contributed by atoms with van der Waals surface area (Å²) >= 11 is 1.78. The van der Waals surface area contributed by atoms with Crippen LogP contribution < -0.4 is 5.73 Å². The molecule has 0 amide bonds. The van der Waals surface area contributed by atoms with Crippen LogP contribution in [0.15, 0.2) is 48.7 Å². The lowest BCUT2D eigenvalue weighted by Gasteiger charge is -1.96. The minimum atomic E-state index is 0.560. The van der Waals surface area contributed by atoms with Gasteiger partial charge in [0.05, 0.1) is 0 Å². The first-order valence-electron chi connectivity index (χ1n) is 5.03. The molecule has 0 radical (unpaired) electrons. The fraction of sp³-hybridized carbons (Fsp3) is 0. The predicted molar refractivity (Wildman–Crippen MR) is 69.5 cm³/mol. The summed E-state index contributed by atoms with van der Waals surface area (Å²) in [6, 6.07) is 14.4. The third-order valence-electron chi connectivity index (χ3n) is 2.50. The fourth-order valence-electron chi connectivity index (χ4n) is 1.68. The van der Waals surface area contributed by atoms with E-state index in [9.17, 15) is 0 Å². The van der Waals surface area contributed by atoms with Crippen LogP contribution in [0.5, 0.6) is 0 Å². The Morgan fingerprint density at radius 1 is 1.06 bits per heavy atom. The second-order valence-electron chi connectivity index (χ2n) is 3.62. The molecule has 78 valence electrons. The van der Waals surface area contributed by atoms with Crippen molar-refractivity contribution < 1.29 is 0 Å². The van der Waals surface area contributed by atoms with E-state index in [-0.39, 0.29) is 0 Å². The van der Waals surface area contributed by atoms with Gasteiger partial charge in [0, 0.05) is 21.3 Å². The number of hydrogen-bond acceptors (Lipinski definition) is 3. The van der Waals surface area contributed by atoms with E-state index < -0.39 is 0 Å². The molecule has 2 N–H and O–H groups in total. The summed E-state index contributed by atoms with van der Waals surface area (Å²) < 4.78 is 1.30. The van der Waals surface area contributed by atoms with Crippen molar-refractivity contribution in [2.45, 2.75) is 0 Å². The summed E-state index contributed by atoms with van der Waals surface area (Å²) in [5.74, 6) is 0.560. The Morgan fingerprint density at radius 2 is 1.94 bits per heavy atom. The largest absolute Gasteiger partial charge is 0.384 e. The van der Waals surface area contributed by atoms with Crippen LogP contribution in [-0.4, -0.2) is 4.98 Å². The second kappa shape index (κ2) is 3.61. The van der Waals surface area contributed by atoms with Crippen LogP contribution in [0.2, 0.25) is 0 Å². The number of rotatable bonds is 1. The molecule has 2 heterocycles. The van der Waals surface area contributed by atoms with Gasteiger partial charge in [0.1, 0.15) is 5.82 Å². The number of pyridine rings is 1. The van der Waals surface area contributed by atoms with Crippen LogP contribution in [0.4, 0.5) is 5.82 Å². The maximum atomic E-state index is 5.57. The Hall–Kier alpha value is -1.87. The molecular weight excluding hydrogens is 216 g/mol. The highest BCUT2D eigenvalue weighted by molar-refractivity contribution is 7.22. The minimum absolute atomic E-state index is 0.560. The highest BCUT2D eigenvalue weighted by Gasteiger charge is 2.03. The van der Waals surface area contributed by atoms with E-state index in [4.69, 9.17) is 5.73 Å². The van der Waals surface area contributed by atoms with Gasteiger partial charge in [0.15, 0.2) is 0 Å². The molecule has 3 aromatic rings. The maximum Gasteiger partial charge on any atom is 0.123 e. The molecule has 0 aliphatic heterocycles. The Labute approximate surface area is 97.4 Å². The number of thiophene rings is 1. The van der Waals surface area contributed by atoms with E-state index in [1.165, 1.54) is 15.0 Å². The summed E-state index contributed by atoms with van der Waals surface area (Å²) in [7, 11) is 0. The third-order valence-corrected chi connectivity index (χ3v) is 3.66. The molecule has 2 aromatic heterocycles. The average molecular weight is 226 g/mol. The fourth-order valence-corrected chi connectivity index (χ4v) is 2.73. The Balaban J connectivity index is 2.15. The molecule has 0 spiro atoms. The van der Waals surface area contributed by atoms with E-state index in [2.05, 4.69) is 35.3 Å². The van der Waals surface area contributed by atoms with E-state index in [1.807, 2.05) is 18.3 Å². The Morgan fingerprint density at radius 3 is 2.69 bits per heavy atom. The summed E-state index contributed by atoms with van der Waals surface area (Å²) in [4.78, 5) is 5.34. The van der Waals surface area contributed by atoms with E-state index >= 15 is 0 Å². The van der Waals surface area contributed by atoms with Crippen molar-refractivity contribution in [3.05, 3.63) is 48.7 Å². The van der Waals surface area contributed by atoms with Crippen molar-refractivity contribution >= 4 is 27.2 Å². The van der Waals surface area contributed by atoms with Gasteiger partial charge in [0.2, 0.25) is 0 Å². The lowest BCUT2D eigenvalue weighted by molar-refractivity contribution is 1.34. The van der Waals surface area contributed by atoms with Gasteiger partial charge in [-0.25, -0.2) is 4.98 Å². The monoisotopic (exact) mass is 226 g/mol. The van der Waals surface area contributed by atoms with Crippen LogP contribution in [0.3, 0.4) is 0 Å². The van der Waals surface area contributed by atoms with Crippen LogP contribution in [0.25, 0.3) is 20.5 Å². The van der Waals surface area contributed by atoms with Gasteiger partial charge in [-0.15, -0.1) is 11.3 Å². The molecule has 0 fully saturated rings. The predicted octanol–water partition coefficient (Wildman–Crippen LogP) is 3.55. The topological polar surface area (TPSA) is 38.9 Å². The van der Waals surface area contributed by atoms with Crippen molar-refractivity contribution in [3.8, 4) is 10.4 Å². The quantitative estimate of drug-likeness (QED) is 0.689. The lowest BCUT2D eigenvalue weighted by atomic mass is 10.2. The number of nitrogens with zero attached hydrogens (tertiary/aromatic N) is 1. The van der Waals surface area contributed by atoms with Crippen LogP contribution >= 0.6 is 11.3 Å². The molecule has 0 unspecified atom stereocenters. The van der Waals surface area contributed by atoms with Crippen molar-refractivity contribution in [1.29, 1.82) is 0 Å². The second-order valence-corrected chi connectivity index (χ2v) is 4.70. The Kier molecular flexibility index (Phi) is 2.11. The molecule has 2 nitrogen and oxygen atoms in total. The van der Waals surface area contributed by atoms with E-state index in [0.717, 1.165) is 5.56 Å². The zero-order valence-electron chi connectivity index (χ0n) is 8.55. The molecule has 0 aliphatic rings. The molecule has 1 aromatic carbocycles. The number of aromatic nitrogens is 1. The van der Waals surface area contributed by atoms with Gasteiger partial charge in [-0.05, 0) is 29.7 Å². The van der Waals surface area contributed by atoms with Crippen molar-refractivity contribution in [3.63, 3.8) is 0 Å². The summed E-state index contributed by atoms with van der Waals surface area (Å²) in [6.45, 7) is 0. The first-order chi connectivity index (χ1) is 7.83. The zero-order chi connectivity index (χ0) is 11.0. The molecular formula is C13H10N2S. The first kappa shape index (κ1) is 9.36. The maximum absolute atomic E-state index is 5.57. The first-order valence-corrected chi connectivity index (χ1v) is 5.85. The lowest BCUT2D eigenvalue weighted by Crippen LogP contribution is -1.87.